The average molecular weight is 217 g/mol. The Morgan fingerprint density at radius 1 is 1.54 bits per heavy atom. The maximum absolute atomic E-state index is 11.0. The summed E-state index contributed by atoms with van der Waals surface area (Å²) in [4.78, 5) is 11.0. The molecular weight excluding hydrogens is 208 g/mol. The summed E-state index contributed by atoms with van der Waals surface area (Å²) in [6, 6.07) is 3.27. The normalized spacial score (nSPS) is 9.85. The van der Waals surface area contributed by atoms with Crippen molar-refractivity contribution in [2.24, 2.45) is 0 Å². The predicted octanol–water partition coefficient (Wildman–Crippen LogP) is 2.73. The van der Waals surface area contributed by atoms with Crippen molar-refractivity contribution < 1.29 is 9.53 Å². The van der Waals surface area contributed by atoms with Gasteiger partial charge in [0.05, 0.1) is 12.1 Å². The third kappa shape index (κ3) is 2.17. The van der Waals surface area contributed by atoms with E-state index in [2.05, 4.69) is 12.6 Å². The summed E-state index contributed by atoms with van der Waals surface area (Å²) in [5.41, 5.74) is 1.32. The maximum Gasteiger partial charge on any atom is 0.216 e. The molecule has 1 aromatic rings. The first-order chi connectivity index (χ1) is 6.06. The molecule has 0 saturated carbocycles. The van der Waals surface area contributed by atoms with Gasteiger partial charge in [0, 0.05) is 5.56 Å². The molecule has 0 atom stereocenters. The molecule has 0 unspecified atom stereocenters. The van der Waals surface area contributed by atoms with Gasteiger partial charge in [-0.3, -0.25) is 4.79 Å². The van der Waals surface area contributed by atoms with Crippen LogP contribution in [-0.2, 0) is 0 Å². The van der Waals surface area contributed by atoms with Crippen LogP contribution in [-0.4, -0.2) is 12.2 Å². The van der Waals surface area contributed by atoms with Gasteiger partial charge in [-0.2, -0.15) is 0 Å². The fourth-order valence-electron chi connectivity index (χ4n) is 1.04. The van der Waals surface area contributed by atoms with Crippen molar-refractivity contribution in [3.8, 4) is 5.75 Å². The molecular formula is C9H9ClO2S. The second kappa shape index (κ2) is 4.03. The molecule has 0 spiro atoms. The molecule has 1 rings (SSSR count). The summed E-state index contributed by atoms with van der Waals surface area (Å²) in [5, 5.41) is 0.132. The van der Waals surface area contributed by atoms with Gasteiger partial charge < -0.3 is 4.74 Å². The van der Waals surface area contributed by atoms with E-state index in [9.17, 15) is 4.79 Å². The lowest BCUT2D eigenvalue weighted by Gasteiger charge is -2.06. The van der Waals surface area contributed by atoms with Crippen LogP contribution in [0.3, 0.4) is 0 Å². The van der Waals surface area contributed by atoms with E-state index >= 15 is 0 Å². The first kappa shape index (κ1) is 10.4. The molecule has 0 aliphatic heterocycles. The van der Waals surface area contributed by atoms with Crippen molar-refractivity contribution in [3.05, 3.63) is 28.3 Å². The van der Waals surface area contributed by atoms with Crippen LogP contribution in [0, 0.1) is 6.92 Å². The largest absolute Gasteiger partial charge is 0.495 e. The molecule has 0 heterocycles. The Kier molecular flexibility index (Phi) is 3.22. The van der Waals surface area contributed by atoms with Crippen molar-refractivity contribution in [1.82, 2.24) is 0 Å². The quantitative estimate of drug-likeness (QED) is 0.770. The molecule has 0 bridgehead atoms. The number of carbonyl (C=O) groups excluding carboxylic acids is 1. The highest BCUT2D eigenvalue weighted by Gasteiger charge is 2.09. The molecule has 13 heavy (non-hydrogen) atoms. The SMILES string of the molecule is COc1cc(C)c(C(=O)S)cc1Cl. The van der Waals surface area contributed by atoms with Crippen molar-refractivity contribution in [3.63, 3.8) is 0 Å². The summed E-state index contributed by atoms with van der Waals surface area (Å²) in [5.74, 6) is 0.567. The molecule has 1 aromatic carbocycles. The van der Waals surface area contributed by atoms with Crippen LogP contribution in [0.2, 0.25) is 5.02 Å². The Morgan fingerprint density at radius 2 is 2.15 bits per heavy atom. The van der Waals surface area contributed by atoms with Crippen molar-refractivity contribution in [1.29, 1.82) is 0 Å². The Morgan fingerprint density at radius 3 is 2.62 bits per heavy atom. The Balaban J connectivity index is 3.28. The molecule has 4 heteroatoms. The van der Waals surface area contributed by atoms with Gasteiger partial charge in [-0.25, -0.2) is 0 Å². The number of benzene rings is 1. The van der Waals surface area contributed by atoms with Crippen LogP contribution in [0.1, 0.15) is 15.9 Å². The molecule has 0 aromatic heterocycles. The van der Waals surface area contributed by atoms with Crippen LogP contribution in [0.15, 0.2) is 12.1 Å². The van der Waals surface area contributed by atoms with E-state index in [0.29, 0.717) is 16.3 Å². The minimum Gasteiger partial charge on any atom is -0.495 e. The van der Waals surface area contributed by atoms with Crippen molar-refractivity contribution in [2.75, 3.05) is 7.11 Å². The van der Waals surface area contributed by atoms with E-state index in [1.54, 1.807) is 12.1 Å². The fraction of sp³-hybridized carbons (Fsp3) is 0.222. The summed E-state index contributed by atoms with van der Waals surface area (Å²) in [7, 11) is 1.53. The van der Waals surface area contributed by atoms with Gasteiger partial charge >= 0.3 is 0 Å². The third-order valence-electron chi connectivity index (χ3n) is 1.73. The highest BCUT2D eigenvalue weighted by molar-refractivity contribution is 7.97. The molecule has 0 aliphatic carbocycles. The van der Waals surface area contributed by atoms with E-state index in [-0.39, 0.29) is 5.12 Å². The van der Waals surface area contributed by atoms with Gasteiger partial charge in [0.25, 0.3) is 0 Å². The zero-order valence-corrected chi connectivity index (χ0v) is 8.95. The van der Waals surface area contributed by atoms with E-state index in [1.165, 1.54) is 7.11 Å². The molecule has 0 N–H and O–H groups in total. The van der Waals surface area contributed by atoms with Gasteiger partial charge in [-0.15, -0.1) is 12.6 Å². The van der Waals surface area contributed by atoms with Crippen LogP contribution in [0.5, 0.6) is 5.75 Å². The summed E-state index contributed by atoms with van der Waals surface area (Å²) >= 11 is 9.56. The number of carbonyl (C=O) groups is 1. The molecule has 0 radical (unpaired) electrons. The molecule has 0 saturated heterocycles. The minimum absolute atomic E-state index is 0.290. The number of hydrogen-bond donors (Lipinski definition) is 1. The topological polar surface area (TPSA) is 26.3 Å². The number of methoxy groups -OCH3 is 1. The van der Waals surface area contributed by atoms with Crippen LogP contribution < -0.4 is 4.74 Å². The van der Waals surface area contributed by atoms with Gasteiger partial charge in [0.2, 0.25) is 5.12 Å². The highest BCUT2D eigenvalue weighted by atomic mass is 35.5. The van der Waals surface area contributed by atoms with Gasteiger partial charge in [0.1, 0.15) is 5.75 Å². The third-order valence-corrected chi connectivity index (χ3v) is 2.27. The smallest absolute Gasteiger partial charge is 0.216 e. The highest BCUT2D eigenvalue weighted by Crippen LogP contribution is 2.28. The minimum atomic E-state index is -0.290. The van der Waals surface area contributed by atoms with E-state index in [1.807, 2.05) is 6.92 Å². The number of hydrogen-bond acceptors (Lipinski definition) is 2. The van der Waals surface area contributed by atoms with Crippen LogP contribution >= 0.6 is 24.2 Å². The van der Waals surface area contributed by atoms with Gasteiger partial charge in [-0.1, -0.05) is 11.6 Å². The van der Waals surface area contributed by atoms with Gasteiger partial charge in [-0.05, 0) is 24.6 Å². The zero-order valence-electron chi connectivity index (χ0n) is 7.30. The number of aryl methyl sites for hydroxylation is 1. The van der Waals surface area contributed by atoms with E-state index < -0.39 is 0 Å². The molecule has 0 fully saturated rings. The monoisotopic (exact) mass is 216 g/mol. The molecule has 0 aliphatic rings. The Labute approximate surface area is 87.3 Å². The number of thiol groups is 1. The summed E-state index contributed by atoms with van der Waals surface area (Å²) in [6.45, 7) is 1.81. The van der Waals surface area contributed by atoms with Crippen LogP contribution in [0.4, 0.5) is 0 Å². The fourth-order valence-corrected chi connectivity index (χ4v) is 1.52. The van der Waals surface area contributed by atoms with Crippen molar-refractivity contribution >= 4 is 29.3 Å². The van der Waals surface area contributed by atoms with E-state index in [4.69, 9.17) is 16.3 Å². The summed E-state index contributed by atoms with van der Waals surface area (Å²) in [6.07, 6.45) is 0. The lowest BCUT2D eigenvalue weighted by molar-refractivity contribution is 0.109. The Hall–Kier alpha value is -0.670. The molecule has 70 valence electrons. The lowest BCUT2D eigenvalue weighted by Crippen LogP contribution is -1.95. The Bertz CT molecular complexity index is 350. The van der Waals surface area contributed by atoms with Crippen LogP contribution in [0.25, 0.3) is 0 Å². The number of halogens is 1. The van der Waals surface area contributed by atoms with Gasteiger partial charge in [0.15, 0.2) is 0 Å². The first-order valence-corrected chi connectivity index (χ1v) is 4.46. The number of ether oxygens (including phenoxy) is 1. The lowest BCUT2D eigenvalue weighted by atomic mass is 10.1. The van der Waals surface area contributed by atoms with E-state index in [0.717, 1.165) is 5.56 Å². The standard InChI is InChI=1S/C9H9ClO2S/c1-5-3-8(12-2)7(10)4-6(5)9(11)13/h3-4H,1-2H3,(H,11,13). The average Bonchev–Trinajstić information content (AvgIpc) is 2.07. The first-order valence-electron chi connectivity index (χ1n) is 3.63. The maximum atomic E-state index is 11.0. The van der Waals surface area contributed by atoms with Crippen molar-refractivity contribution in [2.45, 2.75) is 6.92 Å². The molecule has 2 nitrogen and oxygen atoms in total. The number of rotatable bonds is 2. The molecule has 0 amide bonds. The second-order valence-corrected chi connectivity index (χ2v) is 3.42. The predicted molar refractivity (Wildman–Crippen MR) is 56.1 cm³/mol. The summed E-state index contributed by atoms with van der Waals surface area (Å²) < 4.78 is 4.99. The second-order valence-electron chi connectivity index (χ2n) is 2.61. The zero-order chi connectivity index (χ0) is 10.0.